The molecule has 5 nitrogen and oxygen atoms in total. The molecule has 168 valence electrons. The Morgan fingerprint density at radius 2 is 1.87 bits per heavy atom. The number of nitrogens with zero attached hydrogens (tertiary/aromatic N) is 3. The van der Waals surface area contributed by atoms with Crippen LogP contribution in [0, 0.1) is 5.92 Å². The zero-order chi connectivity index (χ0) is 20.6. The van der Waals surface area contributed by atoms with Crippen molar-refractivity contribution in [1.82, 2.24) is 14.7 Å². The van der Waals surface area contributed by atoms with E-state index in [0.29, 0.717) is 0 Å². The fourth-order valence-electron chi connectivity index (χ4n) is 5.45. The standard InChI is InChI=1S/C25H41N3O2/c1-29-25-8-5-7-22(17-25)18-27-14-15-28-19-23(9-10-24(28)20-27)21-30-16-6-13-26-11-3-2-4-12-26/h5,7-8,17,23-24H,2-4,6,9-16,18-21H2,1H3/t23-,24?/m1/s1. The van der Waals surface area contributed by atoms with Crippen LogP contribution in [-0.4, -0.2) is 86.9 Å². The minimum Gasteiger partial charge on any atom is -0.497 e. The Labute approximate surface area is 183 Å². The second kappa shape index (κ2) is 11.5. The Kier molecular flexibility index (Phi) is 8.44. The first-order valence-corrected chi connectivity index (χ1v) is 12.2. The molecule has 0 radical (unpaired) electrons. The Hall–Kier alpha value is -1.14. The number of rotatable bonds is 9. The topological polar surface area (TPSA) is 28.2 Å². The molecule has 0 spiro atoms. The summed E-state index contributed by atoms with van der Waals surface area (Å²) in [6.45, 7) is 11.5. The Morgan fingerprint density at radius 3 is 2.73 bits per heavy atom. The highest BCUT2D eigenvalue weighted by Crippen LogP contribution is 2.26. The lowest BCUT2D eigenvalue weighted by molar-refractivity contribution is -0.00317. The summed E-state index contributed by atoms with van der Waals surface area (Å²) < 4.78 is 11.5. The van der Waals surface area contributed by atoms with E-state index in [1.165, 1.54) is 83.4 Å². The van der Waals surface area contributed by atoms with Gasteiger partial charge in [0.15, 0.2) is 0 Å². The smallest absolute Gasteiger partial charge is 0.119 e. The van der Waals surface area contributed by atoms with Crippen molar-refractivity contribution in [2.24, 2.45) is 5.92 Å². The molecule has 1 aromatic rings. The molecule has 0 aliphatic carbocycles. The third-order valence-corrected chi connectivity index (χ3v) is 7.20. The number of ether oxygens (including phenoxy) is 2. The van der Waals surface area contributed by atoms with E-state index >= 15 is 0 Å². The molecule has 1 aromatic carbocycles. The van der Waals surface area contributed by atoms with Crippen LogP contribution in [0.1, 0.15) is 44.1 Å². The summed E-state index contributed by atoms with van der Waals surface area (Å²) in [5.74, 6) is 1.68. The van der Waals surface area contributed by atoms with Gasteiger partial charge >= 0.3 is 0 Å². The highest BCUT2D eigenvalue weighted by atomic mass is 16.5. The van der Waals surface area contributed by atoms with Crippen LogP contribution in [-0.2, 0) is 11.3 Å². The second-order valence-electron chi connectivity index (χ2n) is 9.51. The fourth-order valence-corrected chi connectivity index (χ4v) is 5.45. The van der Waals surface area contributed by atoms with Crippen molar-refractivity contribution in [2.45, 2.75) is 51.1 Å². The van der Waals surface area contributed by atoms with Crippen molar-refractivity contribution in [1.29, 1.82) is 0 Å². The minimum absolute atomic E-state index is 0.722. The van der Waals surface area contributed by atoms with Gasteiger partial charge in [-0.2, -0.15) is 0 Å². The normalized spacial score (nSPS) is 26.4. The second-order valence-corrected chi connectivity index (χ2v) is 9.51. The van der Waals surface area contributed by atoms with Crippen molar-refractivity contribution in [3.05, 3.63) is 29.8 Å². The molecule has 3 aliphatic rings. The van der Waals surface area contributed by atoms with Gasteiger partial charge < -0.3 is 14.4 Å². The molecule has 3 fully saturated rings. The van der Waals surface area contributed by atoms with E-state index in [1.54, 1.807) is 7.11 Å². The molecular weight excluding hydrogens is 374 g/mol. The number of likely N-dealkylation sites (tertiary alicyclic amines) is 1. The lowest BCUT2D eigenvalue weighted by Gasteiger charge is -2.46. The molecule has 0 saturated carbocycles. The molecule has 3 aliphatic heterocycles. The fraction of sp³-hybridized carbons (Fsp3) is 0.760. The van der Waals surface area contributed by atoms with Gasteiger partial charge in [-0.1, -0.05) is 18.6 Å². The van der Waals surface area contributed by atoms with Gasteiger partial charge in [0.05, 0.1) is 13.7 Å². The van der Waals surface area contributed by atoms with E-state index < -0.39 is 0 Å². The maximum Gasteiger partial charge on any atom is 0.119 e. The number of fused-ring (bicyclic) bond motifs is 1. The van der Waals surface area contributed by atoms with Crippen LogP contribution in [0.5, 0.6) is 5.75 Å². The van der Waals surface area contributed by atoms with Gasteiger partial charge in [0, 0.05) is 51.9 Å². The summed E-state index contributed by atoms with van der Waals surface area (Å²) in [4.78, 5) is 7.96. The van der Waals surface area contributed by atoms with Crippen LogP contribution >= 0.6 is 0 Å². The van der Waals surface area contributed by atoms with Crippen LogP contribution in [0.15, 0.2) is 24.3 Å². The van der Waals surface area contributed by atoms with Gasteiger partial charge in [0.1, 0.15) is 5.75 Å². The average molecular weight is 416 g/mol. The highest BCUT2D eigenvalue weighted by molar-refractivity contribution is 5.28. The molecule has 0 bridgehead atoms. The molecule has 3 saturated heterocycles. The lowest BCUT2D eigenvalue weighted by atomic mass is 9.91. The molecule has 4 rings (SSSR count). The minimum atomic E-state index is 0.722. The SMILES string of the molecule is COc1cccc(CN2CCN3C[C@H](COCCCN4CCCCC4)CCC3C2)c1. The molecule has 0 aromatic heterocycles. The largest absolute Gasteiger partial charge is 0.497 e. The zero-order valence-electron chi connectivity index (χ0n) is 18.9. The number of piperazine rings is 1. The van der Waals surface area contributed by atoms with Gasteiger partial charge in [-0.3, -0.25) is 9.80 Å². The number of piperidine rings is 2. The third-order valence-electron chi connectivity index (χ3n) is 7.20. The molecule has 30 heavy (non-hydrogen) atoms. The molecular formula is C25H41N3O2. The predicted octanol–water partition coefficient (Wildman–Crippen LogP) is 3.48. The summed E-state index contributed by atoms with van der Waals surface area (Å²) in [5.41, 5.74) is 1.36. The maximum atomic E-state index is 6.09. The third kappa shape index (κ3) is 6.43. The van der Waals surface area contributed by atoms with Crippen LogP contribution in [0.2, 0.25) is 0 Å². The van der Waals surface area contributed by atoms with E-state index in [0.717, 1.165) is 44.0 Å². The van der Waals surface area contributed by atoms with Crippen LogP contribution in [0.3, 0.4) is 0 Å². The first kappa shape index (κ1) is 22.1. The molecule has 0 N–H and O–H groups in total. The van der Waals surface area contributed by atoms with Crippen LogP contribution in [0.4, 0.5) is 0 Å². The Morgan fingerprint density at radius 1 is 0.967 bits per heavy atom. The van der Waals surface area contributed by atoms with Crippen molar-refractivity contribution in [2.75, 3.05) is 66.1 Å². The summed E-state index contributed by atoms with van der Waals surface area (Å²) in [5, 5.41) is 0. The first-order valence-electron chi connectivity index (χ1n) is 12.2. The van der Waals surface area contributed by atoms with Gasteiger partial charge in [-0.05, 0) is 68.8 Å². The summed E-state index contributed by atoms with van der Waals surface area (Å²) in [6.07, 6.45) is 8.02. The highest BCUT2D eigenvalue weighted by Gasteiger charge is 2.32. The van der Waals surface area contributed by atoms with E-state index in [2.05, 4.69) is 32.9 Å². The monoisotopic (exact) mass is 415 g/mol. The molecule has 5 heteroatoms. The van der Waals surface area contributed by atoms with Gasteiger partial charge in [0.25, 0.3) is 0 Å². The molecule has 0 amide bonds. The summed E-state index contributed by atoms with van der Waals surface area (Å²) in [6, 6.07) is 9.24. The quantitative estimate of drug-likeness (QED) is 0.576. The lowest BCUT2D eigenvalue weighted by Crippen LogP contribution is -2.56. The Bertz CT molecular complexity index is 635. The van der Waals surface area contributed by atoms with Gasteiger partial charge in [0.2, 0.25) is 0 Å². The van der Waals surface area contributed by atoms with E-state index in [1.807, 2.05) is 6.07 Å². The number of benzene rings is 1. The van der Waals surface area contributed by atoms with Crippen molar-refractivity contribution in [3.63, 3.8) is 0 Å². The predicted molar refractivity (Wildman–Crippen MR) is 122 cm³/mol. The van der Waals surface area contributed by atoms with E-state index in [9.17, 15) is 0 Å². The van der Waals surface area contributed by atoms with Crippen molar-refractivity contribution >= 4 is 0 Å². The van der Waals surface area contributed by atoms with Crippen molar-refractivity contribution < 1.29 is 9.47 Å². The van der Waals surface area contributed by atoms with E-state index in [-0.39, 0.29) is 0 Å². The van der Waals surface area contributed by atoms with Crippen molar-refractivity contribution in [3.8, 4) is 5.75 Å². The molecule has 1 unspecified atom stereocenters. The average Bonchev–Trinajstić information content (AvgIpc) is 2.79. The molecule has 2 atom stereocenters. The summed E-state index contributed by atoms with van der Waals surface area (Å²) >= 11 is 0. The van der Waals surface area contributed by atoms with Gasteiger partial charge in [-0.15, -0.1) is 0 Å². The number of methoxy groups -OCH3 is 1. The Balaban J connectivity index is 1.12. The number of hydrogen-bond donors (Lipinski definition) is 0. The summed E-state index contributed by atoms with van der Waals surface area (Å²) in [7, 11) is 1.74. The zero-order valence-corrected chi connectivity index (χ0v) is 18.9. The van der Waals surface area contributed by atoms with Crippen LogP contribution in [0.25, 0.3) is 0 Å². The maximum absolute atomic E-state index is 6.09. The molecule has 3 heterocycles. The van der Waals surface area contributed by atoms with Gasteiger partial charge in [-0.25, -0.2) is 0 Å². The first-order chi connectivity index (χ1) is 14.8. The van der Waals surface area contributed by atoms with Crippen LogP contribution < -0.4 is 4.74 Å². The number of hydrogen-bond acceptors (Lipinski definition) is 5. The van der Waals surface area contributed by atoms with E-state index in [4.69, 9.17) is 9.47 Å².